The summed E-state index contributed by atoms with van der Waals surface area (Å²) in [6.45, 7) is 1.47. The molecular weight excluding hydrogens is 388 g/mol. The highest BCUT2D eigenvalue weighted by Crippen LogP contribution is 2.22. The predicted octanol–water partition coefficient (Wildman–Crippen LogP) is 2.46. The van der Waals surface area contributed by atoms with Gasteiger partial charge in [0.25, 0.3) is 5.56 Å². The van der Waals surface area contributed by atoms with Crippen LogP contribution in [0.5, 0.6) is 11.5 Å². The number of carbonyl (C=O) groups excluding carboxylic acids is 1. The Balaban J connectivity index is 1.68. The van der Waals surface area contributed by atoms with Crippen LogP contribution in [0.3, 0.4) is 0 Å². The number of aromatic nitrogens is 2. The number of hydrogen-bond acceptors (Lipinski definition) is 6. The molecule has 8 nitrogen and oxygen atoms in total. The third-order valence-corrected chi connectivity index (χ3v) is 4.12. The van der Waals surface area contributed by atoms with Gasteiger partial charge >= 0.3 is 11.7 Å². The summed E-state index contributed by atoms with van der Waals surface area (Å²) < 4.78 is 17.2. The lowest BCUT2D eigenvalue weighted by molar-refractivity contribution is -0.142. The lowest BCUT2D eigenvalue weighted by atomic mass is 10.1. The first-order chi connectivity index (χ1) is 14.5. The van der Waals surface area contributed by atoms with E-state index in [1.54, 1.807) is 0 Å². The lowest BCUT2D eigenvalue weighted by Crippen LogP contribution is -2.32. The molecule has 2 aromatic carbocycles. The molecule has 156 valence electrons. The fraction of sp³-hybridized carbons (Fsp3) is 0.227. The summed E-state index contributed by atoms with van der Waals surface area (Å²) in [6.07, 6.45) is 1.78. The van der Waals surface area contributed by atoms with E-state index < -0.39 is 17.2 Å². The van der Waals surface area contributed by atoms with Gasteiger partial charge in [-0.05, 0) is 29.8 Å². The van der Waals surface area contributed by atoms with Gasteiger partial charge in [0.05, 0.1) is 6.61 Å². The highest BCUT2D eigenvalue weighted by Gasteiger charge is 2.08. The van der Waals surface area contributed by atoms with Crippen LogP contribution in [-0.4, -0.2) is 28.7 Å². The molecule has 0 unspecified atom stereocenters. The number of nitrogens with zero attached hydrogens (tertiary/aromatic N) is 1. The molecule has 0 atom stereocenters. The van der Waals surface area contributed by atoms with Gasteiger partial charge in [0.1, 0.15) is 24.8 Å². The number of rotatable bonds is 9. The number of H-pyrrole nitrogens is 1. The van der Waals surface area contributed by atoms with Crippen LogP contribution in [0.15, 0.2) is 70.4 Å². The van der Waals surface area contributed by atoms with Crippen LogP contribution in [0.2, 0.25) is 0 Å². The fourth-order valence-electron chi connectivity index (χ4n) is 2.75. The van der Waals surface area contributed by atoms with Gasteiger partial charge in [0, 0.05) is 25.1 Å². The summed E-state index contributed by atoms with van der Waals surface area (Å²) >= 11 is 0. The van der Waals surface area contributed by atoms with Crippen molar-refractivity contribution < 1.29 is 19.0 Å². The van der Waals surface area contributed by atoms with Crippen molar-refractivity contribution in [3.05, 3.63) is 92.8 Å². The Bertz CT molecular complexity index is 1100. The van der Waals surface area contributed by atoms with Gasteiger partial charge in [0.2, 0.25) is 0 Å². The maximum absolute atomic E-state index is 12.2. The molecule has 0 aliphatic carbocycles. The number of ether oxygens (including phenoxy) is 3. The molecule has 0 radical (unpaired) electrons. The Morgan fingerprint density at radius 3 is 2.53 bits per heavy atom. The van der Waals surface area contributed by atoms with Crippen LogP contribution >= 0.6 is 0 Å². The second kappa shape index (κ2) is 10.2. The number of hydrogen-bond donors (Lipinski definition) is 1. The third kappa shape index (κ3) is 6.18. The van der Waals surface area contributed by atoms with Gasteiger partial charge in [0.15, 0.2) is 0 Å². The van der Waals surface area contributed by atoms with Crippen LogP contribution in [0, 0.1) is 0 Å². The zero-order valence-corrected chi connectivity index (χ0v) is 16.5. The molecule has 0 fully saturated rings. The zero-order chi connectivity index (χ0) is 21.3. The van der Waals surface area contributed by atoms with E-state index in [4.69, 9.17) is 14.2 Å². The number of carbonyl (C=O) groups is 1. The molecule has 1 heterocycles. The van der Waals surface area contributed by atoms with Gasteiger partial charge in [-0.1, -0.05) is 30.3 Å². The summed E-state index contributed by atoms with van der Waals surface area (Å²) in [5.74, 6) is 0.963. The van der Waals surface area contributed by atoms with Crippen molar-refractivity contribution in [2.24, 2.45) is 0 Å². The fourth-order valence-corrected chi connectivity index (χ4v) is 2.75. The van der Waals surface area contributed by atoms with E-state index >= 15 is 0 Å². The lowest BCUT2D eigenvalue weighted by Gasteiger charge is -2.10. The second-order valence-corrected chi connectivity index (χ2v) is 6.50. The van der Waals surface area contributed by atoms with E-state index in [2.05, 4.69) is 4.98 Å². The van der Waals surface area contributed by atoms with Crippen molar-refractivity contribution >= 4 is 5.97 Å². The topological polar surface area (TPSA) is 99.6 Å². The minimum absolute atomic E-state index is 0.0684. The van der Waals surface area contributed by atoms with E-state index in [9.17, 15) is 14.4 Å². The van der Waals surface area contributed by atoms with Crippen LogP contribution in [0.1, 0.15) is 18.1 Å². The molecule has 0 saturated heterocycles. The van der Waals surface area contributed by atoms with Crippen LogP contribution in [-0.2, 0) is 27.4 Å². The van der Waals surface area contributed by atoms with Crippen molar-refractivity contribution in [2.75, 3.05) is 13.2 Å². The minimum Gasteiger partial charge on any atom is -0.463 e. The summed E-state index contributed by atoms with van der Waals surface area (Å²) in [6, 6.07) is 16.8. The first-order valence-electron chi connectivity index (χ1n) is 9.37. The van der Waals surface area contributed by atoms with E-state index in [0.29, 0.717) is 23.5 Å². The average Bonchev–Trinajstić information content (AvgIpc) is 2.72. The number of benzene rings is 2. The molecule has 3 rings (SSSR count). The summed E-state index contributed by atoms with van der Waals surface area (Å²) in [5.41, 5.74) is 0.243. The zero-order valence-electron chi connectivity index (χ0n) is 16.5. The molecule has 0 aliphatic heterocycles. The van der Waals surface area contributed by atoms with Crippen molar-refractivity contribution in [3.63, 3.8) is 0 Å². The van der Waals surface area contributed by atoms with Gasteiger partial charge in [-0.25, -0.2) is 4.79 Å². The molecule has 0 amide bonds. The maximum atomic E-state index is 12.2. The Hall–Kier alpha value is -3.65. The van der Waals surface area contributed by atoms with Crippen molar-refractivity contribution in [1.82, 2.24) is 9.55 Å². The van der Waals surface area contributed by atoms with E-state index in [-0.39, 0.29) is 19.9 Å². The second-order valence-electron chi connectivity index (χ2n) is 6.50. The first-order valence-corrected chi connectivity index (χ1v) is 9.37. The standard InChI is InChI=1S/C22H22N2O6/c1-16(25)29-11-10-28-15-24-14-18(21(26)23-22(24)27)12-17-6-5-9-20(13-17)30-19-7-3-2-4-8-19/h2-9,13-14H,10-12,15H2,1H3,(H,23,26,27). The Labute approximate surface area is 172 Å². The van der Waals surface area contributed by atoms with Crippen LogP contribution < -0.4 is 16.0 Å². The summed E-state index contributed by atoms with van der Waals surface area (Å²) in [7, 11) is 0. The molecular formula is C22H22N2O6. The highest BCUT2D eigenvalue weighted by molar-refractivity contribution is 5.65. The minimum atomic E-state index is -0.572. The van der Waals surface area contributed by atoms with Crippen molar-refractivity contribution in [2.45, 2.75) is 20.1 Å². The summed E-state index contributed by atoms with van der Waals surface area (Å²) in [5, 5.41) is 0. The smallest absolute Gasteiger partial charge is 0.330 e. The normalized spacial score (nSPS) is 10.6. The Kier molecular flexibility index (Phi) is 7.18. The molecule has 0 aliphatic rings. The molecule has 0 spiro atoms. The average molecular weight is 410 g/mol. The monoisotopic (exact) mass is 410 g/mol. The van der Waals surface area contributed by atoms with Crippen molar-refractivity contribution in [1.29, 1.82) is 0 Å². The Morgan fingerprint density at radius 2 is 1.77 bits per heavy atom. The molecule has 1 N–H and O–H groups in total. The van der Waals surface area contributed by atoms with Crippen LogP contribution in [0.4, 0.5) is 0 Å². The number of nitrogens with one attached hydrogen (secondary N) is 1. The van der Waals surface area contributed by atoms with Gasteiger partial charge in [-0.2, -0.15) is 0 Å². The molecule has 3 aromatic rings. The largest absolute Gasteiger partial charge is 0.463 e. The van der Waals surface area contributed by atoms with Gasteiger partial charge in [-0.15, -0.1) is 0 Å². The highest BCUT2D eigenvalue weighted by atomic mass is 16.6. The Morgan fingerprint density at radius 1 is 1.00 bits per heavy atom. The quantitative estimate of drug-likeness (QED) is 0.430. The van der Waals surface area contributed by atoms with Gasteiger partial charge in [-0.3, -0.25) is 19.1 Å². The molecule has 8 heteroatoms. The van der Waals surface area contributed by atoms with E-state index in [1.165, 1.54) is 17.7 Å². The predicted molar refractivity (Wildman–Crippen MR) is 110 cm³/mol. The van der Waals surface area contributed by atoms with Crippen molar-refractivity contribution in [3.8, 4) is 11.5 Å². The number of esters is 1. The SMILES string of the molecule is CC(=O)OCCOCn1cc(Cc2cccc(Oc3ccccc3)c2)c(=O)[nH]c1=O. The van der Waals surface area contributed by atoms with E-state index in [1.807, 2.05) is 54.6 Å². The van der Waals surface area contributed by atoms with Gasteiger partial charge < -0.3 is 14.2 Å². The maximum Gasteiger partial charge on any atom is 0.330 e. The van der Waals surface area contributed by atoms with Crippen LogP contribution in [0.25, 0.3) is 0 Å². The molecule has 30 heavy (non-hydrogen) atoms. The molecule has 1 aromatic heterocycles. The molecule has 0 bridgehead atoms. The molecule has 0 saturated carbocycles. The number of para-hydroxylation sites is 1. The van der Waals surface area contributed by atoms with E-state index in [0.717, 1.165) is 5.56 Å². The summed E-state index contributed by atoms with van der Waals surface area (Å²) in [4.78, 5) is 37.2. The third-order valence-electron chi connectivity index (χ3n) is 4.12. The number of aromatic amines is 1. The first kappa shape index (κ1) is 21.1.